The molecule has 33 heavy (non-hydrogen) atoms. The average molecular weight is 448 g/mol. The van der Waals surface area contributed by atoms with Gasteiger partial charge in [0.25, 0.3) is 0 Å². The van der Waals surface area contributed by atoms with Gasteiger partial charge in [-0.15, -0.1) is 5.10 Å². The Kier molecular flexibility index (Phi) is 5.90. The Morgan fingerprint density at radius 1 is 1.18 bits per heavy atom. The van der Waals surface area contributed by atoms with Crippen molar-refractivity contribution in [3.8, 4) is 11.1 Å². The number of hydrogen-bond donors (Lipinski definition) is 2. The first-order chi connectivity index (χ1) is 16.1. The maximum Gasteiger partial charge on any atom is 0.404 e. The van der Waals surface area contributed by atoms with Gasteiger partial charge in [-0.2, -0.15) is 0 Å². The molecule has 2 N–H and O–H groups in total. The number of amides is 1. The van der Waals surface area contributed by atoms with E-state index in [1.807, 2.05) is 35.2 Å². The third kappa shape index (κ3) is 4.65. The molecular weight excluding hydrogens is 421 g/mol. The van der Waals surface area contributed by atoms with E-state index in [4.69, 9.17) is 5.11 Å². The van der Waals surface area contributed by atoms with E-state index in [2.05, 4.69) is 26.7 Å². The van der Waals surface area contributed by atoms with Crippen LogP contribution in [0.3, 0.4) is 0 Å². The molecule has 2 fully saturated rings. The number of nitrogens with zero attached hydrogens (tertiary/aromatic N) is 4. The lowest BCUT2D eigenvalue weighted by Gasteiger charge is -2.33. The molecule has 5 rings (SSSR count). The van der Waals surface area contributed by atoms with E-state index in [1.54, 1.807) is 18.5 Å². The molecule has 2 heterocycles. The van der Waals surface area contributed by atoms with Gasteiger partial charge in [0.15, 0.2) is 0 Å². The highest BCUT2D eigenvalue weighted by molar-refractivity contribution is 5.65. The van der Waals surface area contributed by atoms with Crippen LogP contribution in [0.5, 0.6) is 0 Å². The summed E-state index contributed by atoms with van der Waals surface area (Å²) in [6.07, 6.45) is 12.3. The fourth-order valence-electron chi connectivity index (χ4n) is 5.63. The SMILES string of the molecule is O=C(O)NC1CC[C@@H]2[C@@H](C1)C[C@@H](n1ccnn1)[C@H]2/C=C/c1ccc(-c2cccc(F)c2)cn1. The van der Waals surface area contributed by atoms with Gasteiger partial charge < -0.3 is 10.4 Å². The Bertz CT molecular complexity index is 1130. The Morgan fingerprint density at radius 3 is 2.82 bits per heavy atom. The topological polar surface area (TPSA) is 92.9 Å². The third-order valence-corrected chi connectivity index (χ3v) is 7.07. The average Bonchev–Trinajstić information content (AvgIpc) is 3.45. The standard InChI is InChI=1S/C25H26FN5O2/c26-19-3-1-2-16(12-19)17-4-5-20(27-15-17)6-9-23-22-8-7-21(29-25(32)33)13-18(22)14-24(23)31-11-10-28-30-31/h1-6,9-12,15,18,21-24,29H,7-8,13-14H2,(H,32,33)/b9-6+/t18-,21?,22+,23-,24+/m0/s1. The minimum Gasteiger partial charge on any atom is -0.465 e. The molecule has 1 amide bonds. The maximum atomic E-state index is 13.5. The number of halogens is 1. The van der Waals surface area contributed by atoms with Crippen LogP contribution in [-0.2, 0) is 0 Å². The summed E-state index contributed by atoms with van der Waals surface area (Å²) in [5.41, 5.74) is 2.52. The third-order valence-electron chi connectivity index (χ3n) is 7.07. The van der Waals surface area contributed by atoms with Crippen molar-refractivity contribution in [3.05, 3.63) is 72.6 Å². The molecule has 8 heteroatoms. The van der Waals surface area contributed by atoms with Crippen molar-refractivity contribution in [1.29, 1.82) is 0 Å². The van der Waals surface area contributed by atoms with Crippen molar-refractivity contribution < 1.29 is 14.3 Å². The smallest absolute Gasteiger partial charge is 0.404 e. The van der Waals surface area contributed by atoms with Gasteiger partial charge in [-0.1, -0.05) is 29.5 Å². The van der Waals surface area contributed by atoms with Gasteiger partial charge in [-0.25, -0.2) is 13.9 Å². The zero-order valence-electron chi connectivity index (χ0n) is 18.1. The number of rotatable bonds is 5. The fraction of sp³-hybridized carbons (Fsp3) is 0.360. The highest BCUT2D eigenvalue weighted by Crippen LogP contribution is 2.51. The number of allylic oxidation sites excluding steroid dienone is 1. The van der Waals surface area contributed by atoms with Gasteiger partial charge in [-0.3, -0.25) is 4.98 Å². The summed E-state index contributed by atoms with van der Waals surface area (Å²) in [4.78, 5) is 15.7. The summed E-state index contributed by atoms with van der Waals surface area (Å²) in [5.74, 6) is 0.906. The van der Waals surface area contributed by atoms with Crippen LogP contribution in [0.2, 0.25) is 0 Å². The molecule has 1 unspecified atom stereocenters. The first-order valence-electron chi connectivity index (χ1n) is 11.3. The predicted molar refractivity (Wildman–Crippen MR) is 122 cm³/mol. The molecule has 0 bridgehead atoms. The lowest BCUT2D eigenvalue weighted by molar-refractivity contribution is 0.168. The summed E-state index contributed by atoms with van der Waals surface area (Å²) in [6, 6.07) is 10.6. The number of carbonyl (C=O) groups is 1. The predicted octanol–water partition coefficient (Wildman–Crippen LogP) is 4.81. The molecule has 0 aliphatic heterocycles. The van der Waals surface area contributed by atoms with Gasteiger partial charge in [-0.05, 0) is 67.4 Å². The summed E-state index contributed by atoms with van der Waals surface area (Å²) in [7, 11) is 0. The first kappa shape index (κ1) is 21.3. The fourth-order valence-corrected chi connectivity index (χ4v) is 5.63. The molecule has 2 aliphatic rings. The number of carboxylic acid groups (broad SMARTS) is 1. The van der Waals surface area contributed by atoms with E-state index in [0.29, 0.717) is 11.8 Å². The molecule has 0 radical (unpaired) electrons. The van der Waals surface area contributed by atoms with Crippen LogP contribution < -0.4 is 5.32 Å². The van der Waals surface area contributed by atoms with E-state index in [1.165, 1.54) is 12.1 Å². The van der Waals surface area contributed by atoms with E-state index in [9.17, 15) is 9.18 Å². The summed E-state index contributed by atoms with van der Waals surface area (Å²) < 4.78 is 15.5. The Morgan fingerprint density at radius 2 is 2.09 bits per heavy atom. The highest BCUT2D eigenvalue weighted by Gasteiger charge is 2.46. The second kappa shape index (κ2) is 9.13. The highest BCUT2D eigenvalue weighted by atomic mass is 19.1. The molecule has 0 spiro atoms. The van der Waals surface area contributed by atoms with Crippen molar-refractivity contribution in [2.45, 2.75) is 37.8 Å². The molecule has 170 valence electrons. The van der Waals surface area contributed by atoms with E-state index >= 15 is 0 Å². The number of nitrogens with one attached hydrogen (secondary N) is 1. The van der Waals surface area contributed by atoms with E-state index in [-0.39, 0.29) is 23.8 Å². The Hall–Kier alpha value is -3.55. The van der Waals surface area contributed by atoms with Gasteiger partial charge in [0.1, 0.15) is 5.82 Å². The maximum absolute atomic E-state index is 13.5. The van der Waals surface area contributed by atoms with E-state index < -0.39 is 6.09 Å². The van der Waals surface area contributed by atoms with Gasteiger partial charge in [0, 0.05) is 29.9 Å². The minimum atomic E-state index is -0.950. The molecule has 2 aromatic heterocycles. The second-order valence-electron chi connectivity index (χ2n) is 8.99. The summed E-state index contributed by atoms with van der Waals surface area (Å²) in [5, 5.41) is 20.0. The van der Waals surface area contributed by atoms with Crippen molar-refractivity contribution in [2.24, 2.45) is 17.8 Å². The zero-order chi connectivity index (χ0) is 22.8. The normalized spacial score (nSPS) is 26.9. The molecule has 0 saturated heterocycles. The van der Waals surface area contributed by atoms with Gasteiger partial charge in [0.2, 0.25) is 0 Å². The largest absolute Gasteiger partial charge is 0.465 e. The summed E-state index contributed by atoms with van der Waals surface area (Å²) >= 11 is 0. The van der Waals surface area contributed by atoms with Crippen molar-refractivity contribution in [2.75, 3.05) is 0 Å². The van der Waals surface area contributed by atoms with Crippen LogP contribution in [-0.4, -0.2) is 37.2 Å². The zero-order valence-corrected chi connectivity index (χ0v) is 18.1. The molecule has 2 saturated carbocycles. The van der Waals surface area contributed by atoms with Crippen LogP contribution in [0.25, 0.3) is 17.2 Å². The molecular formula is C25H26FN5O2. The molecule has 7 nitrogen and oxygen atoms in total. The molecule has 2 aliphatic carbocycles. The number of benzene rings is 1. The minimum absolute atomic E-state index is 0.0138. The number of fused-ring (bicyclic) bond motifs is 1. The number of hydrogen-bond acceptors (Lipinski definition) is 4. The van der Waals surface area contributed by atoms with Crippen LogP contribution in [0, 0.1) is 23.6 Å². The second-order valence-corrected chi connectivity index (χ2v) is 8.99. The van der Waals surface area contributed by atoms with E-state index in [0.717, 1.165) is 42.5 Å². The van der Waals surface area contributed by atoms with Crippen LogP contribution in [0.4, 0.5) is 9.18 Å². The van der Waals surface area contributed by atoms with Gasteiger partial charge in [0.05, 0.1) is 17.9 Å². The quantitative estimate of drug-likeness (QED) is 0.586. The first-order valence-corrected chi connectivity index (χ1v) is 11.3. The van der Waals surface area contributed by atoms with Crippen molar-refractivity contribution in [3.63, 3.8) is 0 Å². The van der Waals surface area contributed by atoms with Gasteiger partial charge >= 0.3 is 6.09 Å². The number of pyridine rings is 1. The van der Waals surface area contributed by atoms with Crippen LogP contribution >= 0.6 is 0 Å². The van der Waals surface area contributed by atoms with Crippen LogP contribution in [0.1, 0.15) is 37.4 Å². The Labute approximate surface area is 191 Å². The van der Waals surface area contributed by atoms with Crippen LogP contribution in [0.15, 0.2) is 61.1 Å². The molecule has 5 atom stereocenters. The number of aromatic nitrogens is 4. The lowest BCUT2D eigenvalue weighted by Crippen LogP contribution is -2.39. The monoisotopic (exact) mass is 447 g/mol. The van der Waals surface area contributed by atoms with Crippen molar-refractivity contribution in [1.82, 2.24) is 25.3 Å². The van der Waals surface area contributed by atoms with Crippen molar-refractivity contribution >= 4 is 12.2 Å². The molecule has 1 aromatic carbocycles. The Balaban J connectivity index is 1.34. The summed E-state index contributed by atoms with van der Waals surface area (Å²) in [6.45, 7) is 0. The lowest BCUT2D eigenvalue weighted by atomic mass is 9.75. The molecule has 3 aromatic rings.